The van der Waals surface area contributed by atoms with Crippen LogP contribution in [0.3, 0.4) is 0 Å². The molecule has 2 amide bonds. The maximum atomic E-state index is 13.2. The van der Waals surface area contributed by atoms with Crippen LogP contribution in [0.4, 0.5) is 0 Å². The number of amides is 2. The van der Waals surface area contributed by atoms with E-state index in [1.54, 1.807) is 29.4 Å². The van der Waals surface area contributed by atoms with E-state index in [4.69, 9.17) is 9.47 Å². The van der Waals surface area contributed by atoms with Crippen LogP contribution in [-0.2, 0) is 27.1 Å². The second-order valence-electron chi connectivity index (χ2n) is 9.47. The number of hydrogen-bond donors (Lipinski definition) is 2. The van der Waals surface area contributed by atoms with Crippen LogP contribution in [0, 0.1) is 0 Å². The van der Waals surface area contributed by atoms with E-state index < -0.39 is 6.10 Å². The first-order valence-corrected chi connectivity index (χ1v) is 12.0. The van der Waals surface area contributed by atoms with Gasteiger partial charge >= 0.3 is 0 Å². The number of carbonyl (C=O) groups is 2. The Morgan fingerprint density at radius 3 is 2.53 bits per heavy atom. The van der Waals surface area contributed by atoms with E-state index in [9.17, 15) is 14.7 Å². The first-order chi connectivity index (χ1) is 16.6. The summed E-state index contributed by atoms with van der Waals surface area (Å²) in [5.74, 6) is -0.160. The predicted octanol–water partition coefficient (Wildman–Crippen LogP) is 1.50. The van der Waals surface area contributed by atoms with Gasteiger partial charge < -0.3 is 24.8 Å². The fourth-order valence-electron chi connectivity index (χ4n) is 5.39. The van der Waals surface area contributed by atoms with Crippen LogP contribution < -0.4 is 5.32 Å². The normalized spacial score (nSPS) is 27.3. The number of β-amino-alcohol motifs (C(OH)–C–C–N with tert-alkyl or cyclic N) is 1. The Kier molecular flexibility index (Phi) is 6.89. The van der Waals surface area contributed by atoms with E-state index in [2.05, 4.69) is 22.4 Å². The molecule has 3 aliphatic rings. The van der Waals surface area contributed by atoms with E-state index in [-0.39, 0.29) is 62.3 Å². The van der Waals surface area contributed by atoms with Crippen molar-refractivity contribution >= 4 is 11.8 Å². The molecule has 180 valence electrons. The number of aliphatic hydroxyl groups is 1. The lowest BCUT2D eigenvalue weighted by Gasteiger charge is -2.44. The third-order valence-electron chi connectivity index (χ3n) is 7.00. The number of aromatic nitrogens is 1. The average Bonchev–Trinajstić information content (AvgIpc) is 3.24. The van der Waals surface area contributed by atoms with E-state index in [0.717, 1.165) is 12.8 Å². The van der Waals surface area contributed by atoms with Crippen LogP contribution in [0.15, 0.2) is 48.8 Å². The summed E-state index contributed by atoms with van der Waals surface area (Å²) in [6.45, 7) is 0.594. The lowest BCUT2D eigenvalue weighted by Crippen LogP contribution is -2.57. The molecule has 0 radical (unpaired) electrons. The Balaban J connectivity index is 1.20. The van der Waals surface area contributed by atoms with Gasteiger partial charge in [0.05, 0.1) is 37.9 Å². The maximum Gasteiger partial charge on any atom is 0.254 e. The van der Waals surface area contributed by atoms with E-state index in [0.29, 0.717) is 18.4 Å². The Hall–Kier alpha value is -2.81. The predicted molar refractivity (Wildman–Crippen MR) is 124 cm³/mol. The molecular weight excluding hydrogens is 434 g/mol. The summed E-state index contributed by atoms with van der Waals surface area (Å²) in [5.41, 5.74) is 3.14. The number of rotatable bonds is 4. The molecule has 8 nitrogen and oxygen atoms in total. The highest BCUT2D eigenvalue weighted by Crippen LogP contribution is 2.29. The molecule has 3 heterocycles. The minimum atomic E-state index is -0.759. The van der Waals surface area contributed by atoms with E-state index >= 15 is 0 Å². The molecule has 5 rings (SSSR count). The monoisotopic (exact) mass is 465 g/mol. The minimum Gasteiger partial charge on any atom is -0.389 e. The van der Waals surface area contributed by atoms with Gasteiger partial charge in [-0.2, -0.15) is 0 Å². The minimum absolute atomic E-state index is 0.00633. The molecule has 0 unspecified atom stereocenters. The molecular formula is C26H31N3O5. The number of aliphatic hydroxyl groups excluding tert-OH is 1. The van der Waals surface area contributed by atoms with Gasteiger partial charge in [0, 0.05) is 30.5 Å². The van der Waals surface area contributed by atoms with E-state index in [1.807, 2.05) is 12.1 Å². The zero-order valence-corrected chi connectivity index (χ0v) is 19.1. The molecule has 34 heavy (non-hydrogen) atoms. The molecule has 4 atom stereocenters. The fraction of sp³-hybridized carbons (Fsp3) is 0.500. The number of ether oxygens (including phenoxy) is 2. The maximum absolute atomic E-state index is 13.2. The Bertz CT molecular complexity index is 992. The van der Waals surface area contributed by atoms with Crippen molar-refractivity contribution in [3.8, 4) is 0 Å². The molecule has 1 aromatic carbocycles. The van der Waals surface area contributed by atoms with Gasteiger partial charge in [-0.3, -0.25) is 14.6 Å². The molecule has 2 aromatic rings. The molecule has 0 bridgehead atoms. The summed E-state index contributed by atoms with van der Waals surface area (Å²) in [4.78, 5) is 31.7. The van der Waals surface area contributed by atoms with Crippen molar-refractivity contribution in [3.05, 3.63) is 65.5 Å². The summed E-state index contributed by atoms with van der Waals surface area (Å²) < 4.78 is 12.0. The van der Waals surface area contributed by atoms with Crippen molar-refractivity contribution in [2.75, 3.05) is 19.8 Å². The summed E-state index contributed by atoms with van der Waals surface area (Å²) in [5, 5.41) is 13.5. The SMILES string of the molecule is O=C(C[C@H]1CC[C@H]2[C@@H](COC[C@H](O)CN2C(=O)c2ccncc2)O1)NC1Cc2ccccc2C1. The van der Waals surface area contributed by atoms with Gasteiger partial charge in [0.1, 0.15) is 6.10 Å². The highest BCUT2D eigenvalue weighted by Gasteiger charge is 2.40. The third-order valence-corrected chi connectivity index (χ3v) is 7.00. The average molecular weight is 466 g/mol. The van der Waals surface area contributed by atoms with Crippen molar-refractivity contribution in [1.29, 1.82) is 0 Å². The van der Waals surface area contributed by atoms with Gasteiger partial charge in [-0.1, -0.05) is 24.3 Å². The number of hydrogen-bond acceptors (Lipinski definition) is 6. The highest BCUT2D eigenvalue weighted by atomic mass is 16.5. The molecule has 2 fully saturated rings. The second kappa shape index (κ2) is 10.2. The van der Waals surface area contributed by atoms with Crippen LogP contribution in [-0.4, -0.2) is 77.0 Å². The van der Waals surface area contributed by atoms with Crippen LogP contribution in [0.25, 0.3) is 0 Å². The van der Waals surface area contributed by atoms with Crippen LogP contribution >= 0.6 is 0 Å². The summed E-state index contributed by atoms with van der Waals surface area (Å²) in [6.07, 6.45) is 5.20. The van der Waals surface area contributed by atoms with Crippen LogP contribution in [0.2, 0.25) is 0 Å². The van der Waals surface area contributed by atoms with Gasteiger partial charge in [-0.15, -0.1) is 0 Å². The number of pyridine rings is 1. The van der Waals surface area contributed by atoms with Gasteiger partial charge in [0.25, 0.3) is 5.91 Å². The third kappa shape index (κ3) is 5.14. The molecule has 1 aromatic heterocycles. The largest absolute Gasteiger partial charge is 0.389 e. The van der Waals surface area contributed by atoms with Crippen LogP contribution in [0.1, 0.15) is 40.7 Å². The zero-order valence-electron chi connectivity index (χ0n) is 19.1. The molecule has 2 saturated heterocycles. The second-order valence-corrected chi connectivity index (χ2v) is 9.47. The van der Waals surface area contributed by atoms with Gasteiger partial charge in [-0.05, 0) is 48.9 Å². The summed E-state index contributed by atoms with van der Waals surface area (Å²) in [7, 11) is 0. The quantitative estimate of drug-likeness (QED) is 0.710. The van der Waals surface area contributed by atoms with E-state index in [1.165, 1.54) is 11.1 Å². The Morgan fingerprint density at radius 1 is 1.06 bits per heavy atom. The molecule has 8 heteroatoms. The van der Waals surface area contributed by atoms with Crippen molar-refractivity contribution in [2.45, 2.75) is 62.5 Å². The molecule has 2 N–H and O–H groups in total. The van der Waals surface area contributed by atoms with Crippen molar-refractivity contribution in [3.63, 3.8) is 0 Å². The molecule has 2 aliphatic heterocycles. The van der Waals surface area contributed by atoms with Gasteiger partial charge in [0.2, 0.25) is 5.91 Å². The Labute approximate surface area is 199 Å². The number of nitrogens with zero attached hydrogens (tertiary/aromatic N) is 2. The lowest BCUT2D eigenvalue weighted by molar-refractivity contribution is -0.151. The zero-order chi connectivity index (χ0) is 23.5. The first kappa shape index (κ1) is 23.0. The number of benzene rings is 1. The van der Waals surface area contributed by atoms with Crippen molar-refractivity contribution < 1.29 is 24.2 Å². The fourth-order valence-corrected chi connectivity index (χ4v) is 5.39. The standard InChI is InChI=1S/C26H31N3O5/c30-21-14-29(26(32)17-7-9-27-10-8-17)23-6-5-22(34-24(23)16-33-15-21)13-25(31)28-20-11-18-3-1-2-4-19(18)12-20/h1-4,7-10,20-24,30H,5-6,11-16H2,(H,28,31)/t21-,22-,23+,24-/m1/s1. The number of nitrogens with one attached hydrogen (secondary N) is 1. The van der Waals surface area contributed by atoms with Crippen molar-refractivity contribution in [2.24, 2.45) is 0 Å². The highest BCUT2D eigenvalue weighted by molar-refractivity contribution is 5.94. The lowest BCUT2D eigenvalue weighted by atomic mass is 9.94. The summed E-state index contributed by atoms with van der Waals surface area (Å²) >= 11 is 0. The topological polar surface area (TPSA) is 101 Å². The summed E-state index contributed by atoms with van der Waals surface area (Å²) in [6, 6.07) is 11.6. The van der Waals surface area contributed by atoms with Gasteiger partial charge in [-0.25, -0.2) is 0 Å². The molecule has 1 aliphatic carbocycles. The smallest absolute Gasteiger partial charge is 0.254 e. The number of fused-ring (bicyclic) bond motifs is 2. The first-order valence-electron chi connectivity index (χ1n) is 12.0. The van der Waals surface area contributed by atoms with Crippen LogP contribution in [0.5, 0.6) is 0 Å². The van der Waals surface area contributed by atoms with Gasteiger partial charge in [0.15, 0.2) is 0 Å². The molecule has 0 spiro atoms. The number of carbonyl (C=O) groups excluding carboxylic acids is 2. The molecule has 0 saturated carbocycles. The van der Waals surface area contributed by atoms with Crippen molar-refractivity contribution in [1.82, 2.24) is 15.2 Å². The Morgan fingerprint density at radius 2 is 1.79 bits per heavy atom.